The molecule has 5 rings (SSSR count). The maximum absolute atomic E-state index is 5.94. The Kier molecular flexibility index (Phi) is 4.27. The highest BCUT2D eigenvalue weighted by Gasteiger charge is 2.32. The van der Waals surface area contributed by atoms with Crippen molar-refractivity contribution in [3.8, 4) is 0 Å². The van der Waals surface area contributed by atoms with E-state index in [2.05, 4.69) is 27.8 Å². The normalized spacial score (nSPS) is 20.6. The number of fused-ring (bicyclic) bond motifs is 2. The fourth-order valence-electron chi connectivity index (χ4n) is 4.39. The molecule has 3 aliphatic heterocycles. The van der Waals surface area contributed by atoms with Gasteiger partial charge in [0.2, 0.25) is 0 Å². The van der Waals surface area contributed by atoms with E-state index in [4.69, 9.17) is 20.7 Å². The maximum Gasteiger partial charge on any atom is 0.157 e. The van der Waals surface area contributed by atoms with Crippen LogP contribution in [0.2, 0.25) is 0 Å². The molecule has 0 saturated carbocycles. The predicted molar refractivity (Wildman–Crippen MR) is 111 cm³/mol. The summed E-state index contributed by atoms with van der Waals surface area (Å²) in [5.41, 5.74) is 9.37. The van der Waals surface area contributed by atoms with Gasteiger partial charge < -0.3 is 15.5 Å². The molecule has 7 nitrogen and oxygen atoms in total. The molecule has 3 aliphatic rings. The number of aryl methyl sites for hydroxylation is 1. The second-order valence-corrected chi connectivity index (χ2v) is 8.41. The summed E-state index contributed by atoms with van der Waals surface area (Å²) in [6, 6.07) is 4.16. The SMILES string of the molecule is CC1(CN)CCN(c2cnc3c(n2)CN=C3N2CCCc3cccnc32)CC1. The van der Waals surface area contributed by atoms with E-state index in [1.807, 2.05) is 18.5 Å². The minimum absolute atomic E-state index is 0.256. The highest BCUT2D eigenvalue weighted by molar-refractivity contribution is 6.10. The predicted octanol–water partition coefficient (Wildman–Crippen LogP) is 2.15. The van der Waals surface area contributed by atoms with Crippen LogP contribution in [-0.2, 0) is 13.0 Å². The largest absolute Gasteiger partial charge is 0.355 e. The van der Waals surface area contributed by atoms with Gasteiger partial charge in [-0.25, -0.2) is 15.0 Å². The zero-order valence-electron chi connectivity index (χ0n) is 16.4. The Hall–Kier alpha value is -2.54. The minimum Gasteiger partial charge on any atom is -0.355 e. The fraction of sp³-hybridized carbons (Fsp3) is 0.524. The van der Waals surface area contributed by atoms with E-state index >= 15 is 0 Å². The molecule has 0 aromatic carbocycles. The van der Waals surface area contributed by atoms with Crippen LogP contribution in [-0.4, -0.2) is 47.0 Å². The number of hydrogen-bond acceptors (Lipinski definition) is 7. The average Bonchev–Trinajstić information content (AvgIpc) is 3.17. The Bertz CT molecular complexity index is 915. The van der Waals surface area contributed by atoms with Crippen molar-refractivity contribution in [1.29, 1.82) is 0 Å². The highest BCUT2D eigenvalue weighted by atomic mass is 15.3. The van der Waals surface area contributed by atoms with Crippen molar-refractivity contribution in [2.75, 3.05) is 36.0 Å². The molecule has 0 radical (unpaired) electrons. The van der Waals surface area contributed by atoms with Crippen molar-refractivity contribution in [1.82, 2.24) is 15.0 Å². The topological polar surface area (TPSA) is 83.5 Å². The lowest BCUT2D eigenvalue weighted by molar-refractivity contribution is 0.258. The van der Waals surface area contributed by atoms with Gasteiger partial charge in [-0.1, -0.05) is 13.0 Å². The van der Waals surface area contributed by atoms with Crippen LogP contribution in [0.15, 0.2) is 29.5 Å². The minimum atomic E-state index is 0.256. The van der Waals surface area contributed by atoms with E-state index in [1.54, 1.807) is 0 Å². The van der Waals surface area contributed by atoms with Crippen LogP contribution in [0, 0.1) is 5.41 Å². The summed E-state index contributed by atoms with van der Waals surface area (Å²) in [7, 11) is 0. The van der Waals surface area contributed by atoms with Gasteiger partial charge in [0.25, 0.3) is 0 Å². The molecule has 0 unspecified atom stereocenters. The van der Waals surface area contributed by atoms with Crippen molar-refractivity contribution in [3.63, 3.8) is 0 Å². The number of nitrogens with zero attached hydrogens (tertiary/aromatic N) is 6. The molecule has 0 bridgehead atoms. The number of anilines is 2. The summed E-state index contributed by atoms with van der Waals surface area (Å²) in [6.07, 6.45) is 8.13. The number of amidine groups is 1. The van der Waals surface area contributed by atoms with Crippen LogP contribution >= 0.6 is 0 Å². The Morgan fingerprint density at radius 3 is 2.86 bits per heavy atom. The smallest absolute Gasteiger partial charge is 0.157 e. The van der Waals surface area contributed by atoms with Crippen LogP contribution in [0.3, 0.4) is 0 Å². The number of aromatic nitrogens is 3. The van der Waals surface area contributed by atoms with Gasteiger partial charge in [0, 0.05) is 25.8 Å². The average molecular weight is 377 g/mol. The molecule has 2 aromatic heterocycles. The lowest BCUT2D eigenvalue weighted by Gasteiger charge is -2.39. The van der Waals surface area contributed by atoms with Crippen LogP contribution in [0.4, 0.5) is 11.6 Å². The number of hydrogen-bond donors (Lipinski definition) is 1. The first kappa shape index (κ1) is 17.6. The van der Waals surface area contributed by atoms with E-state index in [1.165, 1.54) is 5.56 Å². The molecule has 28 heavy (non-hydrogen) atoms. The number of pyridine rings is 1. The standard InChI is InChI=1S/C21H27N7/c1-21(14-22)6-10-27(11-7-21)17-13-24-18-16(26-17)12-25-20(18)28-9-3-5-15-4-2-8-23-19(15)28/h2,4,8,13H,3,5-7,9-12,14,22H2,1H3. The molecule has 0 spiro atoms. The van der Waals surface area contributed by atoms with Crippen LogP contribution in [0.5, 0.6) is 0 Å². The summed E-state index contributed by atoms with van der Waals surface area (Å²) in [6.45, 7) is 6.52. The van der Waals surface area contributed by atoms with Gasteiger partial charge in [-0.05, 0) is 49.3 Å². The van der Waals surface area contributed by atoms with Gasteiger partial charge in [-0.2, -0.15) is 0 Å². The van der Waals surface area contributed by atoms with Gasteiger partial charge in [0.1, 0.15) is 17.3 Å². The molecule has 0 amide bonds. The third-order valence-electron chi connectivity index (χ3n) is 6.42. The molecule has 0 aliphatic carbocycles. The Morgan fingerprint density at radius 1 is 1.18 bits per heavy atom. The lowest BCUT2D eigenvalue weighted by atomic mass is 9.80. The van der Waals surface area contributed by atoms with Crippen LogP contribution < -0.4 is 15.5 Å². The summed E-state index contributed by atoms with van der Waals surface area (Å²) in [4.78, 5) is 23.7. The zero-order chi connectivity index (χ0) is 19.1. The van der Waals surface area contributed by atoms with Crippen molar-refractivity contribution >= 4 is 17.5 Å². The van der Waals surface area contributed by atoms with Crippen LogP contribution in [0.25, 0.3) is 0 Å². The molecule has 2 N–H and O–H groups in total. The number of piperidine rings is 1. The van der Waals surface area contributed by atoms with Gasteiger partial charge in [-0.3, -0.25) is 4.99 Å². The third-order valence-corrected chi connectivity index (χ3v) is 6.42. The van der Waals surface area contributed by atoms with Crippen molar-refractivity contribution < 1.29 is 0 Å². The van der Waals surface area contributed by atoms with Crippen molar-refractivity contribution in [2.24, 2.45) is 16.1 Å². The summed E-state index contributed by atoms with van der Waals surface area (Å²) < 4.78 is 0. The lowest BCUT2D eigenvalue weighted by Crippen LogP contribution is -2.42. The van der Waals surface area contributed by atoms with E-state index in [9.17, 15) is 0 Å². The Balaban J connectivity index is 1.38. The third kappa shape index (κ3) is 2.94. The second kappa shape index (κ2) is 6.81. The van der Waals surface area contributed by atoms with Gasteiger partial charge >= 0.3 is 0 Å². The molecule has 2 aromatic rings. The van der Waals surface area contributed by atoms with Crippen LogP contribution in [0.1, 0.15) is 43.1 Å². The molecular formula is C21H27N7. The van der Waals surface area contributed by atoms with E-state index in [0.29, 0.717) is 6.54 Å². The zero-order valence-corrected chi connectivity index (χ0v) is 16.4. The monoisotopic (exact) mass is 377 g/mol. The number of aliphatic imine (C=N–C) groups is 1. The first-order chi connectivity index (χ1) is 13.7. The molecule has 0 atom stereocenters. The first-order valence-corrected chi connectivity index (χ1v) is 10.2. The fourth-order valence-corrected chi connectivity index (χ4v) is 4.39. The summed E-state index contributed by atoms with van der Waals surface area (Å²) >= 11 is 0. The molecule has 5 heterocycles. The summed E-state index contributed by atoms with van der Waals surface area (Å²) in [5, 5.41) is 0. The molecular weight excluding hydrogens is 350 g/mol. The van der Waals surface area contributed by atoms with Gasteiger partial charge in [0.15, 0.2) is 5.84 Å². The number of nitrogens with two attached hydrogens (primary N) is 1. The molecule has 146 valence electrons. The molecule has 7 heteroatoms. The van der Waals surface area contributed by atoms with E-state index in [0.717, 1.165) is 80.7 Å². The van der Waals surface area contributed by atoms with Gasteiger partial charge in [-0.15, -0.1) is 0 Å². The quantitative estimate of drug-likeness (QED) is 0.863. The van der Waals surface area contributed by atoms with E-state index in [-0.39, 0.29) is 5.41 Å². The van der Waals surface area contributed by atoms with Gasteiger partial charge in [0.05, 0.1) is 18.4 Å². The Morgan fingerprint density at radius 2 is 2.04 bits per heavy atom. The van der Waals surface area contributed by atoms with E-state index < -0.39 is 0 Å². The number of rotatable bonds is 2. The first-order valence-electron chi connectivity index (χ1n) is 10.2. The molecule has 1 fully saturated rings. The summed E-state index contributed by atoms with van der Waals surface area (Å²) in [5.74, 6) is 2.90. The maximum atomic E-state index is 5.94. The highest BCUT2D eigenvalue weighted by Crippen LogP contribution is 2.33. The Labute approximate surface area is 165 Å². The molecule has 1 saturated heterocycles. The van der Waals surface area contributed by atoms with Crippen molar-refractivity contribution in [2.45, 2.75) is 39.2 Å². The van der Waals surface area contributed by atoms with Crippen molar-refractivity contribution in [3.05, 3.63) is 41.5 Å². The second-order valence-electron chi connectivity index (χ2n) is 8.41.